The molecular formula is C28H24FN5O3. The normalized spacial score (nSPS) is 14.7. The number of hydrogen-bond acceptors (Lipinski definition) is 7. The first-order valence-corrected chi connectivity index (χ1v) is 12.2. The third-order valence-corrected chi connectivity index (χ3v) is 6.90. The zero-order valence-corrected chi connectivity index (χ0v) is 20.1. The Hall–Kier alpha value is -4.53. The van der Waals surface area contributed by atoms with Gasteiger partial charge in [-0.3, -0.25) is 0 Å². The molecule has 1 aliphatic rings. The maximum Gasteiger partial charge on any atom is 0.343 e. The van der Waals surface area contributed by atoms with Crippen LogP contribution in [0.3, 0.4) is 0 Å². The van der Waals surface area contributed by atoms with Crippen molar-refractivity contribution < 1.29 is 13.9 Å². The molecule has 186 valence electrons. The van der Waals surface area contributed by atoms with Crippen molar-refractivity contribution in [3.05, 3.63) is 82.4 Å². The number of nitrogens with zero attached hydrogens (tertiary/aromatic N) is 4. The number of nitrogens with two attached hydrogens (primary N) is 1. The average Bonchev–Trinajstić information content (AvgIpc) is 3.29. The van der Waals surface area contributed by atoms with Crippen LogP contribution in [0.2, 0.25) is 0 Å². The molecule has 3 N–H and O–H groups in total. The Labute approximate surface area is 210 Å². The zero-order valence-electron chi connectivity index (χ0n) is 20.1. The molecule has 0 amide bonds. The summed E-state index contributed by atoms with van der Waals surface area (Å²) in [5, 5.41) is 16.5. The number of phenols is 1. The lowest BCUT2D eigenvalue weighted by Gasteiger charge is -2.21. The predicted octanol–water partition coefficient (Wildman–Crippen LogP) is 5.59. The van der Waals surface area contributed by atoms with Gasteiger partial charge in [0.15, 0.2) is 5.65 Å². The largest absolute Gasteiger partial charge is 0.508 e. The molecule has 37 heavy (non-hydrogen) atoms. The molecule has 0 fully saturated rings. The molecule has 0 spiro atoms. The number of hydrogen-bond donors (Lipinski definition) is 2. The second-order valence-corrected chi connectivity index (χ2v) is 9.27. The van der Waals surface area contributed by atoms with E-state index in [1.54, 1.807) is 10.7 Å². The quantitative estimate of drug-likeness (QED) is 0.332. The summed E-state index contributed by atoms with van der Waals surface area (Å²) in [6.07, 6.45) is 7.54. The highest BCUT2D eigenvalue weighted by atomic mass is 19.1. The maximum atomic E-state index is 14.2. The van der Waals surface area contributed by atoms with E-state index >= 15 is 0 Å². The first-order chi connectivity index (χ1) is 17.9. The van der Waals surface area contributed by atoms with Crippen LogP contribution in [0.4, 0.5) is 10.2 Å². The van der Waals surface area contributed by atoms with Gasteiger partial charge in [0, 0.05) is 17.2 Å². The van der Waals surface area contributed by atoms with E-state index in [9.17, 15) is 14.3 Å². The van der Waals surface area contributed by atoms with Gasteiger partial charge in [0.1, 0.15) is 41.2 Å². The molecule has 0 saturated carbocycles. The summed E-state index contributed by atoms with van der Waals surface area (Å²) in [5.41, 5.74) is 8.85. The number of anilines is 1. The van der Waals surface area contributed by atoms with Crippen molar-refractivity contribution in [1.29, 1.82) is 0 Å². The molecule has 0 saturated heterocycles. The van der Waals surface area contributed by atoms with E-state index < -0.39 is 17.5 Å². The molecule has 3 aromatic heterocycles. The first-order valence-electron chi connectivity index (χ1n) is 12.2. The van der Waals surface area contributed by atoms with Gasteiger partial charge in [0.2, 0.25) is 0 Å². The number of aromatic hydroxyl groups is 1. The number of fused-ring (bicyclic) bond motifs is 2. The molecule has 9 heteroatoms. The summed E-state index contributed by atoms with van der Waals surface area (Å²) in [6, 6.07) is 10.6. The van der Waals surface area contributed by atoms with Gasteiger partial charge in [0.05, 0.1) is 10.8 Å². The minimum absolute atomic E-state index is 0.164. The van der Waals surface area contributed by atoms with Crippen LogP contribution in [-0.4, -0.2) is 24.9 Å². The van der Waals surface area contributed by atoms with Crippen LogP contribution in [0.1, 0.15) is 50.0 Å². The van der Waals surface area contributed by atoms with Gasteiger partial charge in [-0.15, -0.1) is 0 Å². The van der Waals surface area contributed by atoms with Crippen molar-refractivity contribution in [3.8, 4) is 17.0 Å². The fraction of sp³-hybridized carbons (Fsp3) is 0.214. The molecular weight excluding hydrogens is 473 g/mol. The number of benzene rings is 2. The van der Waals surface area contributed by atoms with E-state index in [1.165, 1.54) is 18.5 Å². The topological polar surface area (TPSA) is 120 Å². The summed E-state index contributed by atoms with van der Waals surface area (Å²) in [6.45, 7) is 1.87. The molecule has 3 heterocycles. The van der Waals surface area contributed by atoms with Gasteiger partial charge in [-0.25, -0.2) is 23.8 Å². The van der Waals surface area contributed by atoms with E-state index in [0.29, 0.717) is 33.4 Å². The number of aromatic nitrogens is 4. The van der Waals surface area contributed by atoms with Crippen LogP contribution in [0.5, 0.6) is 5.75 Å². The highest BCUT2D eigenvalue weighted by molar-refractivity contribution is 5.99. The van der Waals surface area contributed by atoms with Crippen LogP contribution in [0.15, 0.2) is 64.1 Å². The van der Waals surface area contributed by atoms with Crippen molar-refractivity contribution in [2.45, 2.75) is 38.6 Å². The van der Waals surface area contributed by atoms with Gasteiger partial charge >= 0.3 is 5.63 Å². The smallest absolute Gasteiger partial charge is 0.343 e. The van der Waals surface area contributed by atoms with E-state index in [2.05, 4.69) is 16.0 Å². The highest BCUT2D eigenvalue weighted by Crippen LogP contribution is 2.39. The van der Waals surface area contributed by atoms with Gasteiger partial charge in [-0.1, -0.05) is 24.3 Å². The molecule has 1 atom stereocenters. The number of phenolic OH excluding ortho intramolecular Hbond substituents is 1. The van der Waals surface area contributed by atoms with Crippen molar-refractivity contribution >= 4 is 33.2 Å². The number of allylic oxidation sites excluding steroid dienone is 2. The molecule has 1 aliphatic carbocycles. The summed E-state index contributed by atoms with van der Waals surface area (Å²) < 4.78 is 21.8. The predicted molar refractivity (Wildman–Crippen MR) is 140 cm³/mol. The Morgan fingerprint density at radius 2 is 1.95 bits per heavy atom. The van der Waals surface area contributed by atoms with E-state index in [-0.39, 0.29) is 11.6 Å². The number of nitrogen functional groups attached to an aromatic ring is 1. The highest BCUT2D eigenvalue weighted by Gasteiger charge is 2.27. The van der Waals surface area contributed by atoms with Crippen LogP contribution in [0.25, 0.3) is 38.6 Å². The second-order valence-electron chi connectivity index (χ2n) is 9.27. The monoisotopic (exact) mass is 497 g/mol. The van der Waals surface area contributed by atoms with E-state index in [0.717, 1.165) is 48.3 Å². The van der Waals surface area contributed by atoms with E-state index in [4.69, 9.17) is 15.2 Å². The Morgan fingerprint density at radius 1 is 1.14 bits per heavy atom. The van der Waals surface area contributed by atoms with E-state index in [1.807, 2.05) is 25.1 Å². The van der Waals surface area contributed by atoms with Crippen molar-refractivity contribution in [2.75, 3.05) is 5.73 Å². The van der Waals surface area contributed by atoms with Gasteiger partial charge in [-0.05, 0) is 61.8 Å². The third kappa shape index (κ3) is 3.83. The van der Waals surface area contributed by atoms with Crippen molar-refractivity contribution in [2.24, 2.45) is 0 Å². The minimum atomic E-state index is -0.617. The van der Waals surface area contributed by atoms with Crippen LogP contribution in [-0.2, 0) is 0 Å². The third-order valence-electron chi connectivity index (χ3n) is 6.90. The fourth-order valence-corrected chi connectivity index (χ4v) is 5.20. The standard InChI is InChI=1S/C28H24FN5O3/c1-15(25-22(16-7-3-2-4-8-16)20-9-5-6-10-21(20)28(36)37-25)34-27-23(26(30)31-14-32-27)24(33-34)17-11-18(29)13-19(35)12-17/h5-7,9-15,35H,2-4,8H2,1H3,(H2,30,31,32). The summed E-state index contributed by atoms with van der Waals surface area (Å²) in [7, 11) is 0. The summed E-state index contributed by atoms with van der Waals surface area (Å²) in [4.78, 5) is 21.6. The Balaban J connectivity index is 1.63. The van der Waals surface area contributed by atoms with Crippen molar-refractivity contribution in [1.82, 2.24) is 19.7 Å². The molecule has 8 nitrogen and oxygen atoms in total. The molecule has 0 bridgehead atoms. The number of rotatable bonds is 4. The van der Waals surface area contributed by atoms with Gasteiger partial charge < -0.3 is 15.3 Å². The fourth-order valence-electron chi connectivity index (χ4n) is 5.20. The van der Waals surface area contributed by atoms with Crippen LogP contribution >= 0.6 is 0 Å². The number of halogens is 1. The van der Waals surface area contributed by atoms with Crippen LogP contribution < -0.4 is 11.4 Å². The Morgan fingerprint density at radius 3 is 2.70 bits per heavy atom. The molecule has 0 aliphatic heterocycles. The lowest BCUT2D eigenvalue weighted by Crippen LogP contribution is -2.16. The minimum Gasteiger partial charge on any atom is -0.508 e. The summed E-state index contributed by atoms with van der Waals surface area (Å²) >= 11 is 0. The summed E-state index contributed by atoms with van der Waals surface area (Å²) in [5.74, 6) is -0.231. The molecule has 0 radical (unpaired) electrons. The Kier molecular flexibility index (Phi) is 5.48. The average molecular weight is 498 g/mol. The molecule has 5 aromatic rings. The lowest BCUT2D eigenvalue weighted by molar-refractivity contribution is 0.401. The first kappa shape index (κ1) is 22.9. The zero-order chi connectivity index (χ0) is 25.7. The lowest BCUT2D eigenvalue weighted by atomic mass is 9.89. The maximum absolute atomic E-state index is 14.2. The van der Waals surface area contributed by atoms with Gasteiger partial charge in [-0.2, -0.15) is 5.10 Å². The molecule has 1 unspecified atom stereocenters. The van der Waals surface area contributed by atoms with Gasteiger partial charge in [0.25, 0.3) is 0 Å². The van der Waals surface area contributed by atoms with Crippen LogP contribution in [0, 0.1) is 5.82 Å². The Bertz CT molecular complexity index is 1750. The van der Waals surface area contributed by atoms with Crippen molar-refractivity contribution in [3.63, 3.8) is 0 Å². The SMILES string of the molecule is CC(c1oc(=O)c2ccccc2c1C1=CCCCC1)n1nc(-c2cc(O)cc(F)c2)c2c(N)ncnc21. The molecule has 6 rings (SSSR count). The molecule has 2 aromatic carbocycles. The second kappa shape index (κ2) is 8.85.